The predicted molar refractivity (Wildman–Crippen MR) is 94.6 cm³/mol. The molecule has 0 unspecified atom stereocenters. The van der Waals surface area contributed by atoms with Gasteiger partial charge in [-0.25, -0.2) is 14.4 Å². The van der Waals surface area contributed by atoms with Gasteiger partial charge in [-0.1, -0.05) is 36.4 Å². The first kappa shape index (κ1) is 18.7. The Morgan fingerprint density at radius 1 is 0.962 bits per heavy atom. The van der Waals surface area contributed by atoms with Crippen LogP contribution in [0.5, 0.6) is 0 Å². The van der Waals surface area contributed by atoms with Gasteiger partial charge in [0.1, 0.15) is 5.70 Å². The molecule has 0 fully saturated rings. The Morgan fingerprint density at radius 2 is 1.65 bits per heavy atom. The number of rotatable bonds is 6. The molecule has 2 aromatic carbocycles. The van der Waals surface area contributed by atoms with Crippen LogP contribution in [-0.4, -0.2) is 37.2 Å². The second-order valence-corrected chi connectivity index (χ2v) is 5.10. The fourth-order valence-electron chi connectivity index (χ4n) is 2.33. The fourth-order valence-corrected chi connectivity index (χ4v) is 2.33. The Morgan fingerprint density at radius 3 is 2.23 bits per heavy atom. The lowest BCUT2D eigenvalue weighted by molar-refractivity contribution is -0.138. The topological polar surface area (TPSA) is 102 Å². The summed E-state index contributed by atoms with van der Waals surface area (Å²) in [5.41, 5.74) is 1.20. The second kappa shape index (κ2) is 8.48. The Hall–Kier alpha value is -3.61. The number of anilines is 1. The lowest BCUT2D eigenvalue weighted by Crippen LogP contribution is -2.16. The third-order valence-corrected chi connectivity index (χ3v) is 3.50. The van der Waals surface area contributed by atoms with E-state index < -0.39 is 17.9 Å². The van der Waals surface area contributed by atoms with Crippen molar-refractivity contribution < 1.29 is 29.0 Å². The molecule has 0 aliphatic heterocycles. The van der Waals surface area contributed by atoms with Gasteiger partial charge in [0.15, 0.2) is 0 Å². The number of carbonyl (C=O) groups excluding carboxylic acids is 2. The number of nitrogens with one attached hydrogen (secondary N) is 1. The van der Waals surface area contributed by atoms with Crippen molar-refractivity contribution in [3.05, 3.63) is 65.9 Å². The minimum atomic E-state index is -1.12. The highest BCUT2D eigenvalue weighted by molar-refractivity contribution is 6.03. The number of benzene rings is 2. The van der Waals surface area contributed by atoms with E-state index in [4.69, 9.17) is 0 Å². The maximum absolute atomic E-state index is 12.0. The van der Waals surface area contributed by atoms with Crippen LogP contribution in [0, 0.1) is 0 Å². The van der Waals surface area contributed by atoms with Crippen molar-refractivity contribution >= 4 is 23.6 Å². The monoisotopic (exact) mass is 355 g/mol. The molecule has 0 bridgehead atoms. The van der Waals surface area contributed by atoms with E-state index >= 15 is 0 Å². The van der Waals surface area contributed by atoms with Crippen LogP contribution in [0.2, 0.25) is 0 Å². The van der Waals surface area contributed by atoms with E-state index in [1.54, 1.807) is 36.4 Å². The van der Waals surface area contributed by atoms with E-state index in [1.807, 2.05) is 0 Å². The highest BCUT2D eigenvalue weighted by Crippen LogP contribution is 2.32. The van der Waals surface area contributed by atoms with Crippen molar-refractivity contribution in [1.82, 2.24) is 0 Å². The van der Waals surface area contributed by atoms with Crippen LogP contribution >= 0.6 is 0 Å². The largest absolute Gasteiger partial charge is 0.478 e. The SMILES string of the molecule is COC(=O)/C=C(/Nc1cccc(C(=O)O)c1-c1ccccc1)C(=O)OC. The van der Waals surface area contributed by atoms with E-state index in [-0.39, 0.29) is 11.3 Å². The number of esters is 2. The van der Waals surface area contributed by atoms with Crippen molar-refractivity contribution in [2.45, 2.75) is 0 Å². The molecule has 134 valence electrons. The molecule has 26 heavy (non-hydrogen) atoms. The quantitative estimate of drug-likeness (QED) is 0.607. The third kappa shape index (κ3) is 4.27. The maximum Gasteiger partial charge on any atom is 0.354 e. The molecule has 2 aromatic rings. The van der Waals surface area contributed by atoms with Crippen LogP contribution in [0.15, 0.2) is 60.3 Å². The lowest BCUT2D eigenvalue weighted by Gasteiger charge is -2.16. The molecule has 0 aliphatic rings. The maximum atomic E-state index is 12.0. The number of carboxylic acids is 1. The van der Waals surface area contributed by atoms with Crippen molar-refractivity contribution in [2.75, 3.05) is 19.5 Å². The number of carboxylic acid groups (broad SMARTS) is 1. The summed E-state index contributed by atoms with van der Waals surface area (Å²) in [6.45, 7) is 0. The van der Waals surface area contributed by atoms with E-state index in [0.29, 0.717) is 16.8 Å². The number of hydrogen-bond acceptors (Lipinski definition) is 6. The summed E-state index contributed by atoms with van der Waals surface area (Å²) in [5, 5.41) is 12.3. The summed E-state index contributed by atoms with van der Waals surface area (Å²) in [4.78, 5) is 35.1. The average molecular weight is 355 g/mol. The third-order valence-electron chi connectivity index (χ3n) is 3.50. The van der Waals surface area contributed by atoms with E-state index in [2.05, 4.69) is 14.8 Å². The Labute approximate surface area is 149 Å². The summed E-state index contributed by atoms with van der Waals surface area (Å²) < 4.78 is 9.19. The van der Waals surface area contributed by atoms with Crippen LogP contribution in [0.4, 0.5) is 5.69 Å². The molecular weight excluding hydrogens is 338 g/mol. The molecule has 0 amide bonds. The standard InChI is InChI=1S/C19H17NO6/c1-25-16(21)11-15(19(24)26-2)20-14-10-6-9-13(18(22)23)17(14)12-7-4-3-5-8-12/h3-11,20H,1-2H3,(H,22,23)/b15-11+. The summed E-state index contributed by atoms with van der Waals surface area (Å²) in [5.74, 6) is -2.67. The number of ether oxygens (including phenoxy) is 2. The molecule has 0 radical (unpaired) electrons. The van der Waals surface area contributed by atoms with E-state index in [0.717, 1.165) is 6.08 Å². The number of hydrogen-bond donors (Lipinski definition) is 2. The van der Waals surface area contributed by atoms with Crippen LogP contribution in [0.1, 0.15) is 10.4 Å². The molecule has 7 nitrogen and oxygen atoms in total. The van der Waals surface area contributed by atoms with E-state index in [1.165, 1.54) is 26.4 Å². The van der Waals surface area contributed by atoms with Gasteiger partial charge >= 0.3 is 17.9 Å². The Bertz CT molecular complexity index is 858. The van der Waals surface area contributed by atoms with Gasteiger partial charge < -0.3 is 19.9 Å². The molecular formula is C19H17NO6. The molecule has 2 N–H and O–H groups in total. The zero-order chi connectivity index (χ0) is 19.1. The van der Waals surface area contributed by atoms with Gasteiger partial charge in [0, 0.05) is 11.3 Å². The molecule has 0 heterocycles. The Kier molecular flexibility index (Phi) is 6.10. The van der Waals surface area contributed by atoms with Gasteiger partial charge in [-0.3, -0.25) is 0 Å². The van der Waals surface area contributed by atoms with Crippen LogP contribution < -0.4 is 5.32 Å². The average Bonchev–Trinajstić information content (AvgIpc) is 2.67. The second-order valence-electron chi connectivity index (χ2n) is 5.10. The normalized spacial score (nSPS) is 10.8. The lowest BCUT2D eigenvalue weighted by atomic mass is 9.97. The first-order valence-corrected chi connectivity index (χ1v) is 7.54. The van der Waals surface area contributed by atoms with Gasteiger partial charge in [0.25, 0.3) is 0 Å². The number of carbonyl (C=O) groups is 3. The summed E-state index contributed by atoms with van der Waals surface area (Å²) in [6, 6.07) is 13.4. The molecule has 0 saturated carbocycles. The molecule has 0 atom stereocenters. The fraction of sp³-hybridized carbons (Fsp3) is 0.105. The molecule has 0 aromatic heterocycles. The summed E-state index contributed by atoms with van der Waals surface area (Å²) in [6.07, 6.45) is 0.939. The molecule has 0 saturated heterocycles. The zero-order valence-corrected chi connectivity index (χ0v) is 14.2. The first-order chi connectivity index (χ1) is 12.5. The molecule has 2 rings (SSSR count). The smallest absolute Gasteiger partial charge is 0.354 e. The van der Waals surface area contributed by atoms with Gasteiger partial charge in [0.2, 0.25) is 0 Å². The first-order valence-electron chi connectivity index (χ1n) is 7.54. The number of methoxy groups -OCH3 is 2. The van der Waals surface area contributed by atoms with Gasteiger partial charge in [-0.2, -0.15) is 0 Å². The Balaban J connectivity index is 2.60. The van der Waals surface area contributed by atoms with Crippen molar-refractivity contribution in [1.29, 1.82) is 0 Å². The highest BCUT2D eigenvalue weighted by atomic mass is 16.5. The predicted octanol–water partition coefficient (Wildman–Crippen LogP) is 2.69. The van der Waals surface area contributed by atoms with Crippen molar-refractivity contribution in [2.24, 2.45) is 0 Å². The molecule has 7 heteroatoms. The van der Waals surface area contributed by atoms with Crippen LogP contribution in [-0.2, 0) is 19.1 Å². The van der Waals surface area contributed by atoms with Crippen molar-refractivity contribution in [3.8, 4) is 11.1 Å². The van der Waals surface area contributed by atoms with Gasteiger partial charge in [-0.15, -0.1) is 0 Å². The molecule has 0 spiro atoms. The van der Waals surface area contributed by atoms with Gasteiger partial charge in [-0.05, 0) is 17.7 Å². The van der Waals surface area contributed by atoms with Crippen LogP contribution in [0.3, 0.4) is 0 Å². The van der Waals surface area contributed by atoms with Gasteiger partial charge in [0.05, 0.1) is 25.9 Å². The van der Waals surface area contributed by atoms with Crippen LogP contribution in [0.25, 0.3) is 11.1 Å². The minimum Gasteiger partial charge on any atom is -0.478 e. The number of aromatic carboxylic acids is 1. The minimum absolute atomic E-state index is 0.0449. The van der Waals surface area contributed by atoms with Crippen molar-refractivity contribution in [3.63, 3.8) is 0 Å². The highest BCUT2D eigenvalue weighted by Gasteiger charge is 2.19. The van der Waals surface area contributed by atoms with E-state index in [9.17, 15) is 19.5 Å². The molecule has 0 aliphatic carbocycles. The zero-order valence-electron chi connectivity index (χ0n) is 14.2. The summed E-state index contributed by atoms with van der Waals surface area (Å²) in [7, 11) is 2.34. The summed E-state index contributed by atoms with van der Waals surface area (Å²) >= 11 is 0.